The van der Waals surface area contributed by atoms with E-state index in [9.17, 15) is 9.59 Å². The first-order chi connectivity index (χ1) is 9.34. The van der Waals surface area contributed by atoms with Gasteiger partial charge in [0.1, 0.15) is 5.56 Å². The molecule has 0 radical (unpaired) electrons. The molecule has 110 valence electrons. The highest BCUT2D eigenvalue weighted by molar-refractivity contribution is 5.95. The van der Waals surface area contributed by atoms with E-state index in [1.807, 2.05) is 11.8 Å². The highest BCUT2D eigenvalue weighted by Crippen LogP contribution is 2.24. The van der Waals surface area contributed by atoms with Crippen molar-refractivity contribution < 1.29 is 4.79 Å². The number of rotatable bonds is 1. The summed E-state index contributed by atoms with van der Waals surface area (Å²) in [6, 6.07) is 0.175. The molecule has 0 bridgehead atoms. The molecule has 0 saturated carbocycles. The molecule has 5 heteroatoms. The fourth-order valence-electron chi connectivity index (χ4n) is 2.87. The number of likely N-dealkylation sites (tertiary alicyclic amines) is 1. The van der Waals surface area contributed by atoms with Gasteiger partial charge in [-0.05, 0) is 45.1 Å². The van der Waals surface area contributed by atoms with Gasteiger partial charge in [-0.2, -0.15) is 5.10 Å². The van der Waals surface area contributed by atoms with E-state index in [0.717, 1.165) is 25.1 Å². The molecule has 1 fully saturated rings. The summed E-state index contributed by atoms with van der Waals surface area (Å²) >= 11 is 0. The number of amides is 1. The van der Waals surface area contributed by atoms with Gasteiger partial charge in [0.25, 0.3) is 11.5 Å². The third kappa shape index (κ3) is 2.37. The monoisotopic (exact) mass is 277 g/mol. The lowest BCUT2D eigenvalue weighted by molar-refractivity contribution is 0.0547. The Balaban J connectivity index is 2.46. The van der Waals surface area contributed by atoms with Crippen molar-refractivity contribution in [1.29, 1.82) is 0 Å². The predicted molar refractivity (Wildman–Crippen MR) is 77.8 cm³/mol. The molecule has 0 aliphatic carbocycles. The van der Waals surface area contributed by atoms with E-state index in [-0.39, 0.29) is 23.1 Å². The molecule has 1 saturated heterocycles. The van der Waals surface area contributed by atoms with Gasteiger partial charge < -0.3 is 4.90 Å². The fraction of sp³-hybridized carbons (Fsp3) is 0.667. The van der Waals surface area contributed by atoms with Gasteiger partial charge in [0.2, 0.25) is 0 Å². The van der Waals surface area contributed by atoms with Crippen molar-refractivity contribution in [3.8, 4) is 0 Å². The van der Waals surface area contributed by atoms with Gasteiger partial charge in [-0.1, -0.05) is 6.92 Å². The molecule has 2 heterocycles. The third-order valence-corrected chi connectivity index (χ3v) is 4.57. The van der Waals surface area contributed by atoms with Gasteiger partial charge in [-0.3, -0.25) is 9.59 Å². The maximum atomic E-state index is 12.8. The van der Waals surface area contributed by atoms with Gasteiger partial charge in [0.05, 0.1) is 5.69 Å². The van der Waals surface area contributed by atoms with Crippen LogP contribution in [-0.2, 0) is 7.05 Å². The number of hydrogen-bond donors (Lipinski definition) is 0. The fourth-order valence-corrected chi connectivity index (χ4v) is 2.87. The van der Waals surface area contributed by atoms with Gasteiger partial charge in [0.15, 0.2) is 0 Å². The summed E-state index contributed by atoms with van der Waals surface area (Å²) < 4.78 is 1.26. The number of aryl methyl sites for hydroxylation is 2. The van der Waals surface area contributed by atoms with Crippen LogP contribution in [0.3, 0.4) is 0 Å². The van der Waals surface area contributed by atoms with Crippen LogP contribution in [0.2, 0.25) is 0 Å². The smallest absolute Gasteiger partial charge is 0.279 e. The minimum absolute atomic E-state index is 0.146. The Bertz CT molecular complexity index is 592. The molecule has 0 unspecified atom stereocenters. The average molecular weight is 277 g/mol. The molecule has 1 aliphatic rings. The van der Waals surface area contributed by atoms with Gasteiger partial charge in [-0.25, -0.2) is 4.68 Å². The average Bonchev–Trinajstić information content (AvgIpc) is 2.40. The number of nitrogens with zero attached hydrogens (tertiary/aromatic N) is 3. The first-order valence-corrected chi connectivity index (χ1v) is 7.20. The molecule has 2 atom stereocenters. The van der Waals surface area contributed by atoms with E-state index in [4.69, 9.17) is 0 Å². The number of carbonyl (C=O) groups is 1. The molecule has 1 aliphatic heterocycles. The number of aromatic nitrogens is 2. The Kier molecular flexibility index (Phi) is 3.97. The Hall–Kier alpha value is -1.65. The number of carbonyl (C=O) groups excluding carboxylic acids is 1. The highest BCUT2D eigenvalue weighted by Gasteiger charge is 2.31. The maximum absolute atomic E-state index is 12.8. The minimum atomic E-state index is -0.302. The lowest BCUT2D eigenvalue weighted by Crippen LogP contribution is -2.48. The quantitative estimate of drug-likeness (QED) is 0.784. The van der Waals surface area contributed by atoms with Crippen molar-refractivity contribution in [3.63, 3.8) is 0 Å². The van der Waals surface area contributed by atoms with Crippen LogP contribution in [0.1, 0.15) is 48.3 Å². The van der Waals surface area contributed by atoms with Crippen molar-refractivity contribution in [3.05, 3.63) is 27.2 Å². The van der Waals surface area contributed by atoms with E-state index in [2.05, 4.69) is 18.9 Å². The summed E-state index contributed by atoms with van der Waals surface area (Å²) in [4.78, 5) is 26.9. The molecular formula is C15H23N3O2. The summed E-state index contributed by atoms with van der Waals surface area (Å²) in [6.45, 7) is 8.58. The summed E-state index contributed by atoms with van der Waals surface area (Å²) in [7, 11) is 1.59. The second kappa shape index (κ2) is 5.38. The van der Waals surface area contributed by atoms with E-state index in [1.165, 1.54) is 4.68 Å². The number of piperidine rings is 1. The first kappa shape index (κ1) is 14.8. The van der Waals surface area contributed by atoms with Crippen LogP contribution in [0, 0.1) is 19.8 Å². The summed E-state index contributed by atoms with van der Waals surface area (Å²) in [5.41, 5.74) is 1.40. The third-order valence-electron chi connectivity index (χ3n) is 4.57. The highest BCUT2D eigenvalue weighted by atomic mass is 16.2. The molecule has 1 aromatic rings. The SMILES string of the molecule is Cc1nn(C)c(=O)c(C(=O)N2CCC[C@@H](C)[C@@H]2C)c1C. The normalized spacial score (nSPS) is 22.9. The molecule has 1 amide bonds. The Morgan fingerprint density at radius 2 is 1.95 bits per heavy atom. The molecular weight excluding hydrogens is 254 g/mol. The molecule has 0 N–H and O–H groups in total. The molecule has 1 aromatic heterocycles. The zero-order valence-electron chi connectivity index (χ0n) is 12.9. The van der Waals surface area contributed by atoms with Crippen molar-refractivity contribution in [2.75, 3.05) is 6.54 Å². The molecule has 0 spiro atoms. The van der Waals surface area contributed by atoms with Crippen molar-refractivity contribution in [2.24, 2.45) is 13.0 Å². The standard InChI is InChI=1S/C15H23N3O2/c1-9-7-6-8-18(12(9)4)15(20)13-10(2)11(3)16-17(5)14(13)19/h9,12H,6-8H2,1-5H3/t9-,12+/m1/s1. The summed E-state index contributed by atoms with van der Waals surface area (Å²) in [6.07, 6.45) is 2.14. The zero-order chi connectivity index (χ0) is 15.0. The predicted octanol–water partition coefficient (Wildman–Crippen LogP) is 1.66. The van der Waals surface area contributed by atoms with Crippen LogP contribution >= 0.6 is 0 Å². The molecule has 5 nitrogen and oxygen atoms in total. The summed E-state index contributed by atoms with van der Waals surface area (Å²) in [5.74, 6) is 0.326. The van der Waals surface area contributed by atoms with Gasteiger partial charge in [0, 0.05) is 19.6 Å². The van der Waals surface area contributed by atoms with Crippen molar-refractivity contribution >= 4 is 5.91 Å². The van der Waals surface area contributed by atoms with Crippen LogP contribution in [0.25, 0.3) is 0 Å². The van der Waals surface area contributed by atoms with Crippen molar-refractivity contribution in [2.45, 2.75) is 46.6 Å². The Morgan fingerprint density at radius 3 is 2.60 bits per heavy atom. The van der Waals surface area contributed by atoms with Crippen LogP contribution in [-0.4, -0.2) is 33.2 Å². The molecule has 0 aromatic carbocycles. The van der Waals surface area contributed by atoms with Gasteiger partial charge >= 0.3 is 0 Å². The van der Waals surface area contributed by atoms with Crippen LogP contribution in [0.15, 0.2) is 4.79 Å². The lowest BCUT2D eigenvalue weighted by Gasteiger charge is -2.38. The zero-order valence-corrected chi connectivity index (χ0v) is 12.9. The Morgan fingerprint density at radius 1 is 1.30 bits per heavy atom. The van der Waals surface area contributed by atoms with E-state index < -0.39 is 0 Å². The van der Waals surface area contributed by atoms with E-state index in [0.29, 0.717) is 11.5 Å². The van der Waals surface area contributed by atoms with Crippen molar-refractivity contribution in [1.82, 2.24) is 14.7 Å². The second-order valence-corrected chi connectivity index (χ2v) is 5.87. The van der Waals surface area contributed by atoms with Gasteiger partial charge in [-0.15, -0.1) is 0 Å². The topological polar surface area (TPSA) is 55.2 Å². The van der Waals surface area contributed by atoms with Crippen LogP contribution in [0.4, 0.5) is 0 Å². The maximum Gasteiger partial charge on any atom is 0.279 e. The largest absolute Gasteiger partial charge is 0.335 e. The molecule has 20 heavy (non-hydrogen) atoms. The second-order valence-electron chi connectivity index (χ2n) is 5.87. The minimum Gasteiger partial charge on any atom is -0.335 e. The molecule has 2 rings (SSSR count). The Labute approximate surface area is 119 Å². The summed E-state index contributed by atoms with van der Waals surface area (Å²) in [5, 5.41) is 4.13. The van der Waals surface area contributed by atoms with E-state index in [1.54, 1.807) is 14.0 Å². The van der Waals surface area contributed by atoms with Crippen LogP contribution in [0.5, 0.6) is 0 Å². The van der Waals surface area contributed by atoms with Crippen LogP contribution < -0.4 is 5.56 Å². The number of hydrogen-bond acceptors (Lipinski definition) is 3. The first-order valence-electron chi connectivity index (χ1n) is 7.20. The lowest BCUT2D eigenvalue weighted by atomic mass is 9.91. The van der Waals surface area contributed by atoms with E-state index >= 15 is 0 Å².